The van der Waals surface area contributed by atoms with Crippen LogP contribution in [-0.2, 0) is 9.53 Å². The average molecular weight is 342 g/mol. The Kier molecular flexibility index (Phi) is 3.65. The van der Waals surface area contributed by atoms with Crippen molar-refractivity contribution in [3.63, 3.8) is 0 Å². The largest absolute Gasteiger partial charge is 0.507 e. The van der Waals surface area contributed by atoms with E-state index in [2.05, 4.69) is 0 Å². The molecule has 1 aromatic carbocycles. The first-order chi connectivity index (χ1) is 11.9. The number of allylic oxidation sites excluding steroid dienone is 1. The lowest BCUT2D eigenvalue weighted by Crippen LogP contribution is -2.40. The molecule has 0 amide bonds. The quantitative estimate of drug-likeness (QED) is 0.820. The van der Waals surface area contributed by atoms with Crippen molar-refractivity contribution < 1.29 is 24.5 Å². The highest BCUT2D eigenvalue weighted by Crippen LogP contribution is 2.43. The number of ether oxygens (including phenoxy) is 2. The lowest BCUT2D eigenvalue weighted by Gasteiger charge is -2.36. The van der Waals surface area contributed by atoms with Crippen LogP contribution >= 0.6 is 0 Å². The highest BCUT2D eigenvalue weighted by atomic mass is 16.5. The van der Waals surface area contributed by atoms with Gasteiger partial charge in [0.15, 0.2) is 5.78 Å². The molecular formula is C20H22O5. The third kappa shape index (κ3) is 2.72. The topological polar surface area (TPSA) is 76.0 Å². The van der Waals surface area contributed by atoms with Crippen LogP contribution in [0.15, 0.2) is 24.5 Å². The molecule has 4 rings (SSSR count). The van der Waals surface area contributed by atoms with Gasteiger partial charge in [-0.2, -0.15) is 0 Å². The monoisotopic (exact) mass is 342 g/mol. The number of aliphatic hydroxyl groups is 1. The number of hydrogen-bond donors (Lipinski definition) is 2. The van der Waals surface area contributed by atoms with Crippen LogP contribution in [0.2, 0.25) is 0 Å². The fraction of sp³-hybridized carbons (Fsp3) is 0.450. The van der Waals surface area contributed by atoms with Crippen LogP contribution < -0.4 is 4.74 Å². The summed E-state index contributed by atoms with van der Waals surface area (Å²) in [6.07, 6.45) is 6.13. The fourth-order valence-electron chi connectivity index (χ4n) is 3.83. The summed E-state index contributed by atoms with van der Waals surface area (Å²) in [5, 5.41) is 20.5. The average Bonchev–Trinajstić information content (AvgIpc) is 2.55. The van der Waals surface area contributed by atoms with Gasteiger partial charge in [-0.3, -0.25) is 4.79 Å². The number of phenols is 1. The van der Waals surface area contributed by atoms with Crippen LogP contribution in [0.1, 0.15) is 44.2 Å². The summed E-state index contributed by atoms with van der Waals surface area (Å²) in [5.41, 5.74) is 0.990. The van der Waals surface area contributed by atoms with Gasteiger partial charge in [-0.15, -0.1) is 0 Å². The first-order valence-corrected chi connectivity index (χ1v) is 8.68. The van der Waals surface area contributed by atoms with Crippen molar-refractivity contribution in [3.8, 4) is 11.5 Å². The second kappa shape index (κ2) is 5.63. The summed E-state index contributed by atoms with van der Waals surface area (Å²) in [6.45, 7) is 3.88. The zero-order valence-electron chi connectivity index (χ0n) is 14.4. The first kappa shape index (κ1) is 16.2. The molecule has 1 aromatic rings. The summed E-state index contributed by atoms with van der Waals surface area (Å²) in [4.78, 5) is 12.9. The normalized spacial score (nSPS) is 29.8. The molecule has 5 nitrogen and oxygen atoms in total. The summed E-state index contributed by atoms with van der Waals surface area (Å²) >= 11 is 0. The Morgan fingerprint density at radius 3 is 2.84 bits per heavy atom. The molecule has 1 aliphatic carbocycles. The summed E-state index contributed by atoms with van der Waals surface area (Å²) in [6, 6.07) is 3.48. The lowest BCUT2D eigenvalue weighted by atomic mass is 9.77. The maximum Gasteiger partial charge on any atom is 0.173 e. The minimum atomic E-state index is -0.430. The van der Waals surface area contributed by atoms with Gasteiger partial charge in [-0.25, -0.2) is 0 Å². The van der Waals surface area contributed by atoms with Crippen molar-refractivity contribution >= 4 is 17.4 Å². The van der Waals surface area contributed by atoms with Crippen LogP contribution in [0.4, 0.5) is 0 Å². The van der Waals surface area contributed by atoms with Gasteiger partial charge in [-0.05, 0) is 51.0 Å². The molecule has 2 heterocycles. The molecule has 0 aromatic heterocycles. The molecule has 3 aliphatic rings. The van der Waals surface area contributed by atoms with Crippen molar-refractivity contribution in [2.75, 3.05) is 0 Å². The Balaban J connectivity index is 1.70. The van der Waals surface area contributed by atoms with Crippen molar-refractivity contribution in [1.29, 1.82) is 0 Å². The molecule has 25 heavy (non-hydrogen) atoms. The predicted molar refractivity (Wildman–Crippen MR) is 93.1 cm³/mol. The third-order valence-electron chi connectivity index (χ3n) is 5.22. The number of benzene rings is 1. The zero-order valence-corrected chi connectivity index (χ0v) is 14.4. The van der Waals surface area contributed by atoms with Crippen molar-refractivity contribution in [2.45, 2.75) is 50.9 Å². The van der Waals surface area contributed by atoms with E-state index in [1.165, 1.54) is 6.26 Å². The maximum absolute atomic E-state index is 12.9. The fourth-order valence-corrected chi connectivity index (χ4v) is 3.83. The van der Waals surface area contributed by atoms with Gasteiger partial charge in [-0.1, -0.05) is 0 Å². The van der Waals surface area contributed by atoms with E-state index in [1.54, 1.807) is 12.1 Å². The number of rotatable bonds is 1. The molecule has 0 bridgehead atoms. The Morgan fingerprint density at radius 1 is 1.24 bits per heavy atom. The van der Waals surface area contributed by atoms with Crippen molar-refractivity contribution in [1.82, 2.24) is 0 Å². The van der Waals surface area contributed by atoms with E-state index in [0.29, 0.717) is 41.7 Å². The van der Waals surface area contributed by atoms with E-state index in [9.17, 15) is 15.0 Å². The summed E-state index contributed by atoms with van der Waals surface area (Å²) < 4.78 is 11.6. The number of fused-ring (bicyclic) bond motifs is 2. The second-order valence-corrected chi connectivity index (χ2v) is 7.56. The summed E-state index contributed by atoms with van der Waals surface area (Å²) in [5.74, 6) is 0.336. The Bertz CT molecular complexity index is 790. The summed E-state index contributed by atoms with van der Waals surface area (Å²) in [7, 11) is 0. The van der Waals surface area contributed by atoms with E-state index in [-0.39, 0.29) is 23.6 Å². The molecule has 2 N–H and O–H groups in total. The third-order valence-corrected chi connectivity index (χ3v) is 5.22. The van der Waals surface area contributed by atoms with E-state index in [0.717, 1.165) is 0 Å². The zero-order chi connectivity index (χ0) is 17.8. The first-order valence-electron chi connectivity index (χ1n) is 8.68. The van der Waals surface area contributed by atoms with Crippen LogP contribution in [-0.4, -0.2) is 33.8 Å². The smallest absolute Gasteiger partial charge is 0.173 e. The Morgan fingerprint density at radius 2 is 2.04 bits per heavy atom. The van der Waals surface area contributed by atoms with Gasteiger partial charge in [0, 0.05) is 12.0 Å². The van der Waals surface area contributed by atoms with Gasteiger partial charge in [0.2, 0.25) is 0 Å². The van der Waals surface area contributed by atoms with Crippen molar-refractivity contribution in [3.05, 3.63) is 35.6 Å². The molecule has 1 saturated carbocycles. The molecule has 0 saturated heterocycles. The SMILES string of the molecule is CC1(C)C=Cc2c(ccc(C3=COC4CC(O)CCC4C3=O)c2O)O1. The molecular weight excluding hydrogens is 320 g/mol. The van der Waals surface area contributed by atoms with Gasteiger partial charge >= 0.3 is 0 Å². The molecule has 0 spiro atoms. The van der Waals surface area contributed by atoms with E-state index < -0.39 is 11.7 Å². The molecule has 5 heteroatoms. The van der Waals surface area contributed by atoms with Crippen LogP contribution in [0.5, 0.6) is 11.5 Å². The molecule has 3 unspecified atom stereocenters. The number of Topliss-reactive ketones (excluding diaryl/α,β-unsaturated/α-hetero) is 1. The minimum Gasteiger partial charge on any atom is -0.507 e. The molecule has 0 radical (unpaired) electrons. The molecule has 1 fully saturated rings. The number of aliphatic hydroxyl groups excluding tert-OH is 1. The number of carbonyl (C=O) groups is 1. The van der Waals surface area contributed by atoms with E-state index in [1.807, 2.05) is 26.0 Å². The number of hydrogen-bond acceptors (Lipinski definition) is 5. The van der Waals surface area contributed by atoms with Crippen LogP contribution in [0.3, 0.4) is 0 Å². The number of carbonyl (C=O) groups excluding carboxylic acids is 1. The van der Waals surface area contributed by atoms with Gasteiger partial charge in [0.1, 0.15) is 23.2 Å². The molecule has 2 aliphatic heterocycles. The van der Waals surface area contributed by atoms with Crippen molar-refractivity contribution in [2.24, 2.45) is 5.92 Å². The number of phenolic OH excluding ortho intramolecular Hbond substituents is 1. The number of aromatic hydroxyl groups is 1. The Labute approximate surface area is 146 Å². The van der Waals surface area contributed by atoms with Gasteiger partial charge < -0.3 is 19.7 Å². The lowest BCUT2D eigenvalue weighted by molar-refractivity contribution is -0.126. The second-order valence-electron chi connectivity index (χ2n) is 7.56. The molecule has 132 valence electrons. The van der Waals surface area contributed by atoms with Gasteiger partial charge in [0.25, 0.3) is 0 Å². The predicted octanol–water partition coefficient (Wildman–Crippen LogP) is 3.05. The van der Waals surface area contributed by atoms with Gasteiger partial charge in [0.05, 0.1) is 29.4 Å². The van der Waals surface area contributed by atoms with Crippen LogP contribution in [0, 0.1) is 5.92 Å². The minimum absolute atomic E-state index is 0.0283. The number of ketones is 1. The molecule has 3 atom stereocenters. The van der Waals surface area contributed by atoms with Crippen LogP contribution in [0.25, 0.3) is 11.6 Å². The standard InChI is InChI=1S/C20H22O5/c1-20(2)8-7-14-16(25-20)6-5-12(18(14)22)15-10-24-17-9-11(21)3-4-13(17)19(15)23/h5-8,10-11,13,17,21-22H,3-4,9H2,1-2H3. The highest BCUT2D eigenvalue weighted by Gasteiger charge is 2.40. The van der Waals surface area contributed by atoms with E-state index in [4.69, 9.17) is 9.47 Å². The van der Waals surface area contributed by atoms with E-state index >= 15 is 0 Å². The maximum atomic E-state index is 12.9. The highest BCUT2D eigenvalue weighted by molar-refractivity contribution is 6.23. The Hall–Kier alpha value is -2.27.